The van der Waals surface area contributed by atoms with Crippen LogP contribution in [0.15, 0.2) is 11.6 Å². The minimum Gasteiger partial charge on any atom is -0.366 e. The van der Waals surface area contributed by atoms with E-state index in [1.54, 1.807) is 6.92 Å². The third kappa shape index (κ3) is 5.61. The molecule has 0 bridgehead atoms. The Balaban J connectivity index is 3.48. The molecule has 0 saturated heterocycles. The summed E-state index contributed by atoms with van der Waals surface area (Å²) in [4.78, 5) is 10.5. The van der Waals surface area contributed by atoms with Crippen molar-refractivity contribution in [2.24, 2.45) is 5.73 Å². The van der Waals surface area contributed by atoms with E-state index < -0.39 is 0 Å². The number of hydrogen-bond acceptors (Lipinski definition) is 2. The van der Waals surface area contributed by atoms with Gasteiger partial charge in [-0.05, 0) is 33.4 Å². The highest BCUT2D eigenvalue weighted by Crippen LogP contribution is 1.96. The summed E-state index contributed by atoms with van der Waals surface area (Å²) in [5.74, 6) is -0.325. The number of primary amides is 1. The van der Waals surface area contributed by atoms with Gasteiger partial charge in [-0.25, -0.2) is 0 Å². The van der Waals surface area contributed by atoms with Gasteiger partial charge in [0.05, 0.1) is 0 Å². The van der Waals surface area contributed by atoms with Crippen molar-refractivity contribution in [2.45, 2.75) is 19.8 Å². The van der Waals surface area contributed by atoms with E-state index in [2.05, 4.69) is 5.32 Å². The Labute approximate surface area is 67.7 Å². The average Bonchev–Trinajstić information content (AvgIpc) is 1.97. The van der Waals surface area contributed by atoms with E-state index in [0.717, 1.165) is 19.4 Å². The van der Waals surface area contributed by atoms with Gasteiger partial charge in [0.15, 0.2) is 0 Å². The van der Waals surface area contributed by atoms with Gasteiger partial charge >= 0.3 is 0 Å². The normalized spacial score (nSPS) is 11.6. The summed E-state index contributed by atoms with van der Waals surface area (Å²) < 4.78 is 0. The molecule has 64 valence electrons. The van der Waals surface area contributed by atoms with E-state index in [9.17, 15) is 4.79 Å². The van der Waals surface area contributed by atoms with Crippen molar-refractivity contribution in [1.29, 1.82) is 0 Å². The van der Waals surface area contributed by atoms with E-state index in [1.807, 2.05) is 13.1 Å². The summed E-state index contributed by atoms with van der Waals surface area (Å²) in [7, 11) is 1.91. The zero-order chi connectivity index (χ0) is 8.69. The van der Waals surface area contributed by atoms with Crippen molar-refractivity contribution in [2.75, 3.05) is 13.6 Å². The lowest BCUT2D eigenvalue weighted by Crippen LogP contribution is -2.12. The number of carbonyl (C=O) groups is 1. The highest BCUT2D eigenvalue weighted by molar-refractivity contribution is 5.91. The van der Waals surface area contributed by atoms with Crippen LogP contribution in [0.3, 0.4) is 0 Å². The molecule has 0 aliphatic carbocycles. The number of nitrogens with two attached hydrogens (primary N) is 1. The van der Waals surface area contributed by atoms with Gasteiger partial charge in [-0.3, -0.25) is 4.79 Å². The quantitative estimate of drug-likeness (QED) is 0.447. The van der Waals surface area contributed by atoms with E-state index in [-0.39, 0.29) is 5.91 Å². The molecule has 0 unspecified atom stereocenters. The van der Waals surface area contributed by atoms with Crippen LogP contribution in [0.5, 0.6) is 0 Å². The Morgan fingerprint density at radius 2 is 2.27 bits per heavy atom. The summed E-state index contributed by atoms with van der Waals surface area (Å²) in [6, 6.07) is 0. The number of carbonyl (C=O) groups excluding carboxylic acids is 1. The Morgan fingerprint density at radius 1 is 1.64 bits per heavy atom. The van der Waals surface area contributed by atoms with Crippen molar-refractivity contribution < 1.29 is 4.79 Å². The molecule has 0 aromatic heterocycles. The number of amides is 1. The van der Waals surface area contributed by atoms with Gasteiger partial charge in [-0.1, -0.05) is 6.08 Å². The van der Waals surface area contributed by atoms with Crippen LogP contribution in [0.25, 0.3) is 0 Å². The number of hydrogen-bond donors (Lipinski definition) is 2. The third-order valence-corrected chi connectivity index (χ3v) is 1.47. The second-order valence-corrected chi connectivity index (χ2v) is 2.50. The van der Waals surface area contributed by atoms with Crippen LogP contribution in [-0.4, -0.2) is 19.5 Å². The monoisotopic (exact) mass is 156 g/mol. The van der Waals surface area contributed by atoms with Gasteiger partial charge in [-0.2, -0.15) is 0 Å². The topological polar surface area (TPSA) is 55.1 Å². The predicted molar refractivity (Wildman–Crippen MR) is 46.1 cm³/mol. The van der Waals surface area contributed by atoms with Gasteiger partial charge in [0.2, 0.25) is 5.91 Å². The first kappa shape index (κ1) is 10.2. The smallest absolute Gasteiger partial charge is 0.244 e. The number of unbranched alkanes of at least 4 members (excludes halogenated alkanes) is 1. The minimum atomic E-state index is -0.325. The van der Waals surface area contributed by atoms with Gasteiger partial charge in [-0.15, -0.1) is 0 Å². The first-order chi connectivity index (χ1) is 5.18. The summed E-state index contributed by atoms with van der Waals surface area (Å²) >= 11 is 0. The van der Waals surface area contributed by atoms with Gasteiger partial charge < -0.3 is 11.1 Å². The third-order valence-electron chi connectivity index (χ3n) is 1.47. The maximum atomic E-state index is 10.5. The Morgan fingerprint density at radius 3 is 2.73 bits per heavy atom. The lowest BCUT2D eigenvalue weighted by atomic mass is 10.2. The largest absolute Gasteiger partial charge is 0.366 e. The molecule has 11 heavy (non-hydrogen) atoms. The van der Waals surface area contributed by atoms with Crippen molar-refractivity contribution in [3.63, 3.8) is 0 Å². The highest BCUT2D eigenvalue weighted by Gasteiger charge is 1.94. The van der Waals surface area contributed by atoms with E-state index in [0.29, 0.717) is 5.57 Å². The zero-order valence-corrected chi connectivity index (χ0v) is 7.18. The lowest BCUT2D eigenvalue weighted by Gasteiger charge is -1.95. The molecule has 0 fully saturated rings. The molecule has 0 rings (SSSR count). The molecular weight excluding hydrogens is 140 g/mol. The predicted octanol–water partition coefficient (Wildman–Crippen LogP) is 0.418. The molecule has 0 aliphatic heterocycles. The van der Waals surface area contributed by atoms with Crippen molar-refractivity contribution in [3.8, 4) is 0 Å². The minimum absolute atomic E-state index is 0.325. The van der Waals surface area contributed by atoms with Gasteiger partial charge in [0, 0.05) is 5.57 Å². The van der Waals surface area contributed by atoms with Crippen LogP contribution in [0.2, 0.25) is 0 Å². The van der Waals surface area contributed by atoms with Crippen LogP contribution in [-0.2, 0) is 4.79 Å². The maximum absolute atomic E-state index is 10.5. The molecule has 0 saturated carbocycles. The SMILES string of the molecule is CNCCCC=C(C)C(N)=O. The molecule has 0 atom stereocenters. The van der Waals surface area contributed by atoms with Gasteiger partial charge in [0.25, 0.3) is 0 Å². The Hall–Kier alpha value is -0.830. The molecule has 0 aromatic rings. The first-order valence-corrected chi connectivity index (χ1v) is 3.79. The molecule has 3 N–H and O–H groups in total. The number of rotatable bonds is 5. The first-order valence-electron chi connectivity index (χ1n) is 3.79. The summed E-state index contributed by atoms with van der Waals surface area (Å²) in [6.07, 6.45) is 3.83. The second kappa shape index (κ2) is 5.92. The molecule has 3 heteroatoms. The molecule has 3 nitrogen and oxygen atoms in total. The molecule has 0 aromatic carbocycles. The van der Waals surface area contributed by atoms with Crippen molar-refractivity contribution in [1.82, 2.24) is 5.32 Å². The summed E-state index contributed by atoms with van der Waals surface area (Å²) in [5.41, 5.74) is 5.68. The zero-order valence-electron chi connectivity index (χ0n) is 7.18. The number of allylic oxidation sites excluding steroid dienone is 1. The fourth-order valence-electron chi connectivity index (χ4n) is 0.698. The van der Waals surface area contributed by atoms with E-state index >= 15 is 0 Å². The second-order valence-electron chi connectivity index (χ2n) is 2.50. The lowest BCUT2D eigenvalue weighted by molar-refractivity contribution is -0.114. The van der Waals surface area contributed by atoms with Crippen LogP contribution >= 0.6 is 0 Å². The van der Waals surface area contributed by atoms with Gasteiger partial charge in [0.1, 0.15) is 0 Å². The van der Waals surface area contributed by atoms with Crippen LogP contribution < -0.4 is 11.1 Å². The van der Waals surface area contributed by atoms with Crippen molar-refractivity contribution >= 4 is 5.91 Å². The summed E-state index contributed by atoms with van der Waals surface area (Å²) in [6.45, 7) is 2.71. The average molecular weight is 156 g/mol. The van der Waals surface area contributed by atoms with Crippen LogP contribution in [0.4, 0.5) is 0 Å². The number of nitrogens with one attached hydrogen (secondary N) is 1. The summed E-state index contributed by atoms with van der Waals surface area (Å²) in [5, 5.41) is 3.03. The Bertz CT molecular complexity index is 152. The van der Waals surface area contributed by atoms with E-state index in [1.165, 1.54) is 0 Å². The molecule has 0 heterocycles. The fraction of sp³-hybridized carbons (Fsp3) is 0.625. The molecule has 0 radical (unpaired) electrons. The van der Waals surface area contributed by atoms with Crippen molar-refractivity contribution in [3.05, 3.63) is 11.6 Å². The van der Waals surface area contributed by atoms with Crippen LogP contribution in [0.1, 0.15) is 19.8 Å². The van der Waals surface area contributed by atoms with Crippen LogP contribution in [0, 0.1) is 0 Å². The molecule has 0 spiro atoms. The maximum Gasteiger partial charge on any atom is 0.244 e. The standard InChI is InChI=1S/C8H16N2O/c1-7(8(9)11)5-3-4-6-10-2/h5,10H,3-4,6H2,1-2H3,(H2,9,11). The molecular formula is C8H16N2O. The Kier molecular flexibility index (Phi) is 5.47. The fourth-order valence-corrected chi connectivity index (χ4v) is 0.698. The molecule has 1 amide bonds. The highest BCUT2D eigenvalue weighted by atomic mass is 16.1. The van der Waals surface area contributed by atoms with E-state index in [4.69, 9.17) is 5.73 Å². The molecule has 0 aliphatic rings.